The van der Waals surface area contributed by atoms with Crippen LogP contribution in [0.5, 0.6) is 11.5 Å². The first-order chi connectivity index (χ1) is 40.3. The van der Waals surface area contributed by atoms with E-state index < -0.39 is 21.3 Å². The number of hydrogen-bond donors (Lipinski definition) is 1. The standard InChI is InChI=1S/C31H42N2O5.C17H25NO3.C15H21NO5S.CH2O3.2K.H/c1-23-13-14-28(33(20-23)30(35)38-31(2,3)4)26-11-8-12-27(19-26)36-21-25-15-17-32(18-16-25)29(34)37-22-24-9-6-5-7-10-24;1-12-8-9-15(13-6-5-7-14(19)10-13)18(11-12)16(20)21-17(2,3)4;1-22(18,19)21-12-14-7-9-16(10-8-14)15(17)20-11-13-5-3-2-4-6-13;2-1-4-3;;;/h5-12,19,23,25,28H,13-18,20-22H2,1-4H3;5-7,10,12,15,19H,8-9,11H2,1-4H3;2-6,14H,7-12H2,1H3;1,3H;;;/q;;;;2*+1;-1/p-1/t23-,28+;12-,15+;;;;;/m00...../s1. The molecule has 4 aliphatic heterocycles. The molecule has 4 aromatic rings. The topological polar surface area (TPSA) is 240 Å². The fourth-order valence-electron chi connectivity index (χ4n) is 10.2. The van der Waals surface area contributed by atoms with Crippen LogP contribution >= 0.6 is 0 Å². The number of ether oxygens (including phenoxy) is 5. The van der Waals surface area contributed by atoms with Crippen LogP contribution < -0.4 is 113 Å². The molecule has 20 nitrogen and oxygen atoms in total. The second-order valence-corrected chi connectivity index (χ2v) is 25.9. The normalized spacial score (nSPS) is 19.0. The summed E-state index contributed by atoms with van der Waals surface area (Å²) >= 11 is 0. The monoisotopic (exact) mass is 1280 g/mol. The van der Waals surface area contributed by atoms with Crippen LogP contribution in [0.4, 0.5) is 19.2 Å². The number of hydrogen-bond acceptors (Lipinski definition) is 16. The molecule has 4 saturated heterocycles. The third kappa shape index (κ3) is 29.3. The molecule has 470 valence electrons. The molecule has 0 aromatic heterocycles. The van der Waals surface area contributed by atoms with Gasteiger partial charge in [0.05, 0.1) is 31.6 Å². The average Bonchev–Trinajstić information content (AvgIpc) is 2.10. The number of nitrogens with zero attached hydrogens (tertiary/aromatic N) is 4. The third-order valence-corrected chi connectivity index (χ3v) is 15.2. The van der Waals surface area contributed by atoms with Crippen molar-refractivity contribution < 1.29 is 180 Å². The van der Waals surface area contributed by atoms with E-state index in [-0.39, 0.29) is 172 Å². The molecule has 4 atom stereocenters. The van der Waals surface area contributed by atoms with Gasteiger partial charge in [0, 0.05) is 39.3 Å². The predicted molar refractivity (Wildman–Crippen MR) is 319 cm³/mol. The Kier molecular flexibility index (Phi) is 34.5. The maximum absolute atomic E-state index is 13.0. The Labute approximate surface area is 602 Å². The summed E-state index contributed by atoms with van der Waals surface area (Å²) in [6.45, 7) is 20.7. The van der Waals surface area contributed by atoms with Crippen LogP contribution in [0.15, 0.2) is 109 Å². The maximum Gasteiger partial charge on any atom is 1.00 e. The zero-order valence-electron chi connectivity index (χ0n) is 53.9. The van der Waals surface area contributed by atoms with Gasteiger partial charge in [-0.3, -0.25) is 8.98 Å². The van der Waals surface area contributed by atoms with Gasteiger partial charge >= 0.3 is 127 Å². The largest absolute Gasteiger partial charge is 1.00 e. The molecule has 0 radical (unpaired) electrons. The molecule has 1 N–H and O–H groups in total. The van der Waals surface area contributed by atoms with Crippen molar-refractivity contribution in [1.82, 2.24) is 19.6 Å². The number of phenols is 1. The molecule has 0 bridgehead atoms. The summed E-state index contributed by atoms with van der Waals surface area (Å²) in [5.74, 6) is 2.49. The Morgan fingerprint density at radius 1 is 0.586 bits per heavy atom. The van der Waals surface area contributed by atoms with Crippen molar-refractivity contribution >= 4 is 41.0 Å². The van der Waals surface area contributed by atoms with Gasteiger partial charge in [0.1, 0.15) is 35.9 Å². The quantitative estimate of drug-likeness (QED) is 0.0435. The van der Waals surface area contributed by atoms with Crippen molar-refractivity contribution in [3.05, 3.63) is 131 Å². The van der Waals surface area contributed by atoms with Gasteiger partial charge in [0.2, 0.25) is 0 Å². The Morgan fingerprint density at radius 2 is 0.989 bits per heavy atom. The Bertz CT molecular complexity index is 2820. The van der Waals surface area contributed by atoms with Gasteiger partial charge in [-0.1, -0.05) is 98.8 Å². The number of amides is 4. The number of benzene rings is 4. The van der Waals surface area contributed by atoms with Crippen molar-refractivity contribution in [2.75, 3.05) is 58.7 Å². The van der Waals surface area contributed by atoms with Crippen molar-refractivity contribution in [1.29, 1.82) is 0 Å². The fourth-order valence-corrected chi connectivity index (χ4v) is 10.6. The summed E-state index contributed by atoms with van der Waals surface area (Å²) in [6.07, 6.45) is 7.07. The van der Waals surface area contributed by atoms with E-state index in [0.717, 1.165) is 85.6 Å². The van der Waals surface area contributed by atoms with E-state index in [1.807, 2.05) is 131 Å². The summed E-state index contributed by atoms with van der Waals surface area (Å²) in [5.41, 5.74) is 2.96. The number of phenolic OH excluding ortho intramolecular Hbond substituents is 1. The summed E-state index contributed by atoms with van der Waals surface area (Å²) in [4.78, 5) is 68.2. The Balaban J connectivity index is 0.000000455. The van der Waals surface area contributed by atoms with E-state index in [2.05, 4.69) is 30.9 Å². The van der Waals surface area contributed by atoms with E-state index in [9.17, 15) is 32.7 Å². The third-order valence-electron chi connectivity index (χ3n) is 14.6. The van der Waals surface area contributed by atoms with Crippen molar-refractivity contribution in [3.8, 4) is 11.5 Å². The Hall–Kier alpha value is -3.83. The fraction of sp³-hybridized carbons (Fsp3) is 0.547. The van der Waals surface area contributed by atoms with Crippen LogP contribution in [-0.2, 0) is 56.1 Å². The summed E-state index contributed by atoms with van der Waals surface area (Å²) < 4.78 is 54.9. The second-order valence-electron chi connectivity index (χ2n) is 24.3. The molecule has 4 amide bonds. The zero-order valence-corrected chi connectivity index (χ0v) is 60.0. The summed E-state index contributed by atoms with van der Waals surface area (Å²) in [7, 11) is -3.40. The second kappa shape index (κ2) is 38.8. The minimum absolute atomic E-state index is 0. The summed E-state index contributed by atoms with van der Waals surface area (Å²) in [5, 5.41) is 18.1. The summed E-state index contributed by atoms with van der Waals surface area (Å²) in [6, 6.07) is 34.5. The molecule has 4 aromatic carbocycles. The van der Waals surface area contributed by atoms with Gasteiger partial charge in [0.15, 0.2) is 0 Å². The zero-order chi connectivity index (χ0) is 62.2. The number of piperidine rings is 4. The minimum Gasteiger partial charge on any atom is -1.00 e. The number of likely N-dealkylation sites (tertiary alicyclic amines) is 4. The first-order valence-electron chi connectivity index (χ1n) is 29.3. The molecular weight excluding hydrogens is 1190 g/mol. The first kappa shape index (κ1) is 77.4. The molecular formula is C64H90K2N4O16S. The van der Waals surface area contributed by atoms with Gasteiger partial charge in [-0.2, -0.15) is 8.42 Å². The molecule has 0 unspecified atom stereocenters. The minimum atomic E-state index is -3.40. The smallest absolute Gasteiger partial charge is 1.00 e. The van der Waals surface area contributed by atoms with E-state index >= 15 is 0 Å². The van der Waals surface area contributed by atoms with Gasteiger partial charge < -0.3 is 60.0 Å². The molecule has 0 spiro atoms. The Morgan fingerprint density at radius 3 is 1.38 bits per heavy atom. The predicted octanol–water partition coefficient (Wildman–Crippen LogP) is 5.49. The van der Waals surface area contributed by atoms with Crippen LogP contribution in [0.1, 0.15) is 143 Å². The maximum atomic E-state index is 13.0. The van der Waals surface area contributed by atoms with Crippen LogP contribution in [0.25, 0.3) is 0 Å². The van der Waals surface area contributed by atoms with Crippen molar-refractivity contribution in [2.45, 2.75) is 143 Å². The van der Waals surface area contributed by atoms with Crippen LogP contribution in [0.3, 0.4) is 0 Å². The van der Waals surface area contributed by atoms with E-state index in [1.54, 1.807) is 26.8 Å². The molecule has 23 heteroatoms. The van der Waals surface area contributed by atoms with Gasteiger partial charge in [-0.15, -0.1) is 0 Å². The molecule has 87 heavy (non-hydrogen) atoms. The molecule has 4 aliphatic rings. The molecule has 4 heterocycles. The molecule has 0 saturated carbocycles. The van der Waals surface area contributed by atoms with Gasteiger partial charge in [0.25, 0.3) is 16.6 Å². The van der Waals surface area contributed by atoms with Gasteiger partial charge in [-0.25, -0.2) is 19.2 Å². The van der Waals surface area contributed by atoms with Crippen molar-refractivity contribution in [2.24, 2.45) is 23.7 Å². The van der Waals surface area contributed by atoms with Crippen LogP contribution in [0.2, 0.25) is 0 Å². The first-order valence-corrected chi connectivity index (χ1v) is 31.1. The molecule has 8 rings (SSSR count). The SMILES string of the molecule is CS(=O)(=O)OCC1CCN(C(=O)OCc2ccccc2)CC1.C[C@H]1CC[C@H](c2cccc(O)c2)N(C(=O)OC(C)(C)C)C1.C[C@H]1CC[C@H](c2cccc(OCC3CCN(C(=O)OCc4ccccc4)CC3)c2)N(C(=O)OC(C)(C)C)C1.O=CO[O-].[H-].[K+].[K+]. The number of aromatic hydroxyl groups is 1. The van der Waals surface area contributed by atoms with Crippen LogP contribution in [-0.4, -0.2) is 134 Å². The van der Waals surface area contributed by atoms with E-state index in [0.29, 0.717) is 70.2 Å². The van der Waals surface area contributed by atoms with Crippen LogP contribution in [0, 0.1) is 23.7 Å². The number of carbonyl (C=O) groups is 5. The number of carbonyl (C=O) groups excluding carboxylic acids is 5. The van der Waals surface area contributed by atoms with Gasteiger partial charge in [-0.05, 0) is 163 Å². The van der Waals surface area contributed by atoms with Crippen molar-refractivity contribution in [3.63, 3.8) is 0 Å². The van der Waals surface area contributed by atoms with E-state index in [1.165, 1.54) is 0 Å². The van der Waals surface area contributed by atoms with E-state index in [4.69, 9.17) is 37.9 Å². The number of rotatable bonds is 13. The molecule has 4 fully saturated rings. The average molecular weight is 1280 g/mol. The molecule has 0 aliphatic carbocycles.